The minimum Gasteiger partial charge on any atom is -0.394 e. The van der Waals surface area contributed by atoms with Gasteiger partial charge in [-0.3, -0.25) is 36.2 Å². The van der Waals surface area contributed by atoms with E-state index in [1.807, 2.05) is 0 Å². The number of hydrogen-bond donors (Lipinski definition) is 11. The Bertz CT molecular complexity index is 864. The lowest BCUT2D eigenvalue weighted by Gasteiger charge is -2.19. The molecule has 0 spiro atoms. The standard InChI is InChI=1S/C15H36O23P4/c16-1-11(18)3-31-39(23,24)33-5-13(20)7-35-41(27,28)37-9-15(22)10-38-42(29,30)36-8-14(21)6-34-40(25,26)32-4-12(19)2-17/h11-22H,1-10H2,(H,23,24)(H,25,26)(H,27,28)(H,29,30)/t11-,12+,13-,14+,15-. The van der Waals surface area contributed by atoms with Gasteiger partial charge in [0.25, 0.3) is 0 Å². The molecule has 0 fully saturated rings. The summed E-state index contributed by atoms with van der Waals surface area (Å²) in [4.78, 5) is 37.8. The van der Waals surface area contributed by atoms with E-state index in [1.165, 1.54) is 0 Å². The highest BCUT2D eigenvalue weighted by Gasteiger charge is 2.30. The van der Waals surface area contributed by atoms with Gasteiger partial charge in [0, 0.05) is 0 Å². The fraction of sp³-hybridized carbons (Fsp3) is 1.00. The van der Waals surface area contributed by atoms with E-state index in [-0.39, 0.29) is 0 Å². The summed E-state index contributed by atoms with van der Waals surface area (Å²) in [6, 6.07) is 0. The van der Waals surface area contributed by atoms with Crippen LogP contribution in [0.5, 0.6) is 0 Å². The first kappa shape index (κ1) is 42.2. The van der Waals surface area contributed by atoms with Crippen molar-refractivity contribution in [2.75, 3.05) is 66.1 Å². The Labute approximate surface area is 238 Å². The van der Waals surface area contributed by atoms with Crippen molar-refractivity contribution in [3.63, 3.8) is 0 Å². The van der Waals surface area contributed by atoms with Gasteiger partial charge in [0.1, 0.15) is 30.5 Å². The van der Waals surface area contributed by atoms with E-state index in [2.05, 4.69) is 36.2 Å². The Morgan fingerprint density at radius 3 is 0.643 bits per heavy atom. The smallest absolute Gasteiger partial charge is 0.394 e. The predicted octanol–water partition coefficient (Wildman–Crippen LogP) is -3.69. The van der Waals surface area contributed by atoms with Crippen molar-refractivity contribution in [1.82, 2.24) is 0 Å². The average Bonchev–Trinajstić information content (AvgIpc) is 2.92. The van der Waals surface area contributed by atoms with Crippen LogP contribution in [0.2, 0.25) is 0 Å². The maximum absolute atomic E-state index is 11.8. The molecule has 27 heteroatoms. The van der Waals surface area contributed by atoms with Crippen LogP contribution < -0.4 is 0 Å². The average molecular weight is 708 g/mol. The quantitative estimate of drug-likeness (QED) is 0.0385. The molecule has 0 aliphatic heterocycles. The topological polar surface area (TPSA) is 365 Å². The van der Waals surface area contributed by atoms with Crippen LogP contribution >= 0.6 is 31.3 Å². The van der Waals surface area contributed by atoms with Crippen LogP contribution in [0.15, 0.2) is 0 Å². The molecule has 42 heavy (non-hydrogen) atoms. The Morgan fingerprint density at radius 2 is 0.500 bits per heavy atom. The second kappa shape index (κ2) is 20.3. The molecular weight excluding hydrogens is 672 g/mol. The van der Waals surface area contributed by atoms with Crippen molar-refractivity contribution in [2.45, 2.75) is 30.5 Å². The van der Waals surface area contributed by atoms with E-state index in [0.717, 1.165) is 0 Å². The molecule has 0 aromatic rings. The highest BCUT2D eigenvalue weighted by Crippen LogP contribution is 2.47. The van der Waals surface area contributed by atoms with Crippen molar-refractivity contribution in [2.24, 2.45) is 0 Å². The summed E-state index contributed by atoms with van der Waals surface area (Å²) in [6.07, 6.45) is -8.34. The van der Waals surface area contributed by atoms with Crippen LogP contribution in [-0.4, -0.2) is 152 Å². The highest BCUT2D eigenvalue weighted by atomic mass is 31.2. The van der Waals surface area contributed by atoms with Gasteiger partial charge in [-0.05, 0) is 0 Å². The molecule has 0 bridgehead atoms. The normalized spacial score (nSPS) is 21.7. The molecule has 0 saturated carbocycles. The zero-order valence-corrected chi connectivity index (χ0v) is 25.1. The lowest BCUT2D eigenvalue weighted by molar-refractivity contribution is 0.00107. The molecule has 11 N–H and O–H groups in total. The Balaban J connectivity index is 4.34. The molecule has 0 radical (unpaired) electrons. The molecule has 0 rings (SSSR count). The molecule has 0 heterocycles. The van der Waals surface area contributed by atoms with Crippen LogP contribution in [0.25, 0.3) is 0 Å². The Kier molecular flexibility index (Phi) is 20.4. The van der Waals surface area contributed by atoms with Gasteiger partial charge in [0.2, 0.25) is 0 Å². The Morgan fingerprint density at radius 1 is 0.357 bits per heavy atom. The van der Waals surface area contributed by atoms with Gasteiger partial charge in [0.05, 0.1) is 66.1 Å². The molecule has 0 aromatic heterocycles. The molecule has 0 aliphatic carbocycles. The third kappa shape index (κ3) is 22.6. The third-order valence-corrected chi connectivity index (χ3v) is 7.66. The minimum absolute atomic E-state index is 0.771. The zero-order chi connectivity index (χ0) is 32.6. The fourth-order valence-electron chi connectivity index (χ4n) is 1.84. The van der Waals surface area contributed by atoms with Gasteiger partial charge in [0.15, 0.2) is 0 Å². The summed E-state index contributed by atoms with van der Waals surface area (Å²) < 4.78 is 81.7. The summed E-state index contributed by atoms with van der Waals surface area (Å²) >= 11 is 0. The summed E-state index contributed by atoms with van der Waals surface area (Å²) in [6.45, 7) is -9.03. The van der Waals surface area contributed by atoms with Crippen LogP contribution in [0.3, 0.4) is 0 Å². The van der Waals surface area contributed by atoms with Gasteiger partial charge < -0.3 is 55.3 Å². The molecule has 9 atom stereocenters. The van der Waals surface area contributed by atoms with E-state index in [1.54, 1.807) is 0 Å². The van der Waals surface area contributed by atoms with Crippen LogP contribution in [0.1, 0.15) is 0 Å². The first-order valence-electron chi connectivity index (χ1n) is 11.3. The summed E-state index contributed by atoms with van der Waals surface area (Å²) in [5.41, 5.74) is 0. The maximum Gasteiger partial charge on any atom is 0.472 e. The summed E-state index contributed by atoms with van der Waals surface area (Å²) in [7, 11) is -19.5. The number of aliphatic hydroxyl groups excluding tert-OH is 7. The first-order valence-corrected chi connectivity index (χ1v) is 17.3. The van der Waals surface area contributed by atoms with Gasteiger partial charge in [-0.1, -0.05) is 0 Å². The molecular formula is C15H36O23P4. The number of rotatable bonds is 26. The molecule has 0 aliphatic rings. The van der Waals surface area contributed by atoms with Gasteiger partial charge in [-0.25, -0.2) is 18.3 Å². The summed E-state index contributed by atoms with van der Waals surface area (Å²) in [5, 5.41) is 64.3. The zero-order valence-electron chi connectivity index (χ0n) is 21.6. The van der Waals surface area contributed by atoms with E-state index in [4.69, 9.17) is 20.4 Å². The monoisotopic (exact) mass is 708 g/mol. The molecule has 4 unspecified atom stereocenters. The molecule has 23 nitrogen and oxygen atoms in total. The molecule has 254 valence electrons. The lowest BCUT2D eigenvalue weighted by atomic mass is 10.4. The van der Waals surface area contributed by atoms with Crippen molar-refractivity contribution in [3.05, 3.63) is 0 Å². The van der Waals surface area contributed by atoms with E-state index in [0.29, 0.717) is 0 Å². The number of phosphoric acid groups is 4. The van der Waals surface area contributed by atoms with Gasteiger partial charge in [-0.2, -0.15) is 0 Å². The van der Waals surface area contributed by atoms with Crippen molar-refractivity contribution in [3.8, 4) is 0 Å². The molecule has 0 aromatic carbocycles. The molecule has 0 amide bonds. The third-order valence-electron chi connectivity index (χ3n) is 3.86. The van der Waals surface area contributed by atoms with Crippen molar-refractivity contribution < 1.29 is 110 Å². The Hall–Kier alpha value is 0.160. The van der Waals surface area contributed by atoms with Crippen LogP contribution in [-0.2, 0) is 54.5 Å². The number of phosphoric ester groups is 4. The molecule has 0 saturated heterocycles. The van der Waals surface area contributed by atoms with Crippen LogP contribution in [0, 0.1) is 0 Å². The second-order valence-electron chi connectivity index (χ2n) is 7.87. The second-order valence-corrected chi connectivity index (χ2v) is 13.7. The van der Waals surface area contributed by atoms with E-state index >= 15 is 0 Å². The van der Waals surface area contributed by atoms with Crippen molar-refractivity contribution >= 4 is 31.3 Å². The van der Waals surface area contributed by atoms with Gasteiger partial charge >= 0.3 is 31.3 Å². The summed E-state index contributed by atoms with van der Waals surface area (Å²) in [5.74, 6) is 0. The largest absolute Gasteiger partial charge is 0.472 e. The SMILES string of the molecule is O=P(O)(OC[C@H](O)COP(=O)(O)OC[C@H](O)COP(=O)(O)OC[C@H](O)CO)OC[C@@H](O)COP(=O)(O)OC[C@@H](O)CO. The van der Waals surface area contributed by atoms with Crippen LogP contribution in [0.4, 0.5) is 0 Å². The highest BCUT2D eigenvalue weighted by molar-refractivity contribution is 7.48. The van der Waals surface area contributed by atoms with Gasteiger partial charge in [-0.15, -0.1) is 0 Å². The fourth-order valence-corrected chi connectivity index (χ4v) is 5.02. The van der Waals surface area contributed by atoms with Crippen molar-refractivity contribution in [1.29, 1.82) is 0 Å². The van der Waals surface area contributed by atoms with E-state index < -0.39 is 128 Å². The maximum atomic E-state index is 11.8. The number of hydrogen-bond acceptors (Lipinski definition) is 19. The van der Waals surface area contributed by atoms with E-state index in [9.17, 15) is 53.2 Å². The number of aliphatic hydroxyl groups is 7. The minimum atomic E-state index is -4.96. The predicted molar refractivity (Wildman–Crippen MR) is 131 cm³/mol. The first-order chi connectivity index (χ1) is 19.2. The lowest BCUT2D eigenvalue weighted by Crippen LogP contribution is -2.24.